The summed E-state index contributed by atoms with van der Waals surface area (Å²) < 4.78 is 43.2. The molecule has 0 spiro atoms. The Labute approximate surface area is 175 Å². The Kier molecular flexibility index (Phi) is 6.85. The molecule has 0 bridgehead atoms. The molecule has 0 fully saturated rings. The number of benzene rings is 2. The largest absolute Gasteiger partial charge is 0.346 e. The molecule has 158 valence electrons. The first-order valence-corrected chi connectivity index (χ1v) is 12.5. The summed E-state index contributed by atoms with van der Waals surface area (Å²) in [6, 6.07) is 21.2. The van der Waals surface area contributed by atoms with Gasteiger partial charge < -0.3 is 9.79 Å². The first-order valence-electron chi connectivity index (χ1n) is 9.27. The van der Waals surface area contributed by atoms with Crippen molar-refractivity contribution in [3.05, 3.63) is 78.5 Å². The molecule has 1 aromatic heterocycles. The fourth-order valence-electron chi connectivity index (χ4n) is 3.33. The summed E-state index contributed by atoms with van der Waals surface area (Å²) in [5, 5.41) is 0. The highest BCUT2D eigenvalue weighted by Gasteiger charge is 2.39. The Morgan fingerprint density at radius 3 is 2.13 bits per heavy atom. The Hall–Kier alpha value is -2.35. The maximum atomic E-state index is 11.4. The Bertz CT molecular complexity index is 1140. The summed E-state index contributed by atoms with van der Waals surface area (Å²) in [6.45, 7) is 0. The van der Waals surface area contributed by atoms with E-state index in [0.717, 1.165) is 27.9 Å². The van der Waals surface area contributed by atoms with Crippen LogP contribution in [-0.2, 0) is 21.1 Å². The molecule has 0 saturated carbocycles. The van der Waals surface area contributed by atoms with Crippen LogP contribution in [0.5, 0.6) is 0 Å². The summed E-state index contributed by atoms with van der Waals surface area (Å²) in [7, 11) is -9.81. The average Bonchev–Trinajstić information content (AvgIpc) is 2.70. The molecule has 30 heavy (non-hydrogen) atoms. The van der Waals surface area contributed by atoms with E-state index < -0.39 is 22.7 Å². The molecular weight excluding hydrogens is 425 g/mol. The molecule has 9 heteroatoms. The van der Waals surface area contributed by atoms with E-state index >= 15 is 0 Å². The summed E-state index contributed by atoms with van der Waals surface area (Å²) >= 11 is 0. The van der Waals surface area contributed by atoms with Crippen molar-refractivity contribution in [1.82, 2.24) is 4.98 Å². The van der Waals surface area contributed by atoms with Crippen LogP contribution >= 0.6 is 7.60 Å². The van der Waals surface area contributed by atoms with Gasteiger partial charge in [0.1, 0.15) is 0 Å². The van der Waals surface area contributed by atoms with Crippen molar-refractivity contribution in [2.45, 2.75) is 24.3 Å². The number of rotatable bonds is 8. The van der Waals surface area contributed by atoms with Gasteiger partial charge in [0.05, 0.1) is 5.69 Å². The van der Waals surface area contributed by atoms with Gasteiger partial charge in [-0.25, -0.2) is 0 Å². The van der Waals surface area contributed by atoms with Crippen molar-refractivity contribution >= 4 is 17.7 Å². The number of aromatic nitrogens is 1. The molecule has 1 heterocycles. The topological polar surface area (TPSA) is 125 Å². The van der Waals surface area contributed by atoms with Crippen LogP contribution < -0.4 is 0 Å². The predicted molar refractivity (Wildman–Crippen MR) is 115 cm³/mol. The lowest BCUT2D eigenvalue weighted by atomic mass is 9.95. The Morgan fingerprint density at radius 2 is 1.53 bits per heavy atom. The van der Waals surface area contributed by atoms with E-state index in [9.17, 15) is 22.8 Å². The van der Waals surface area contributed by atoms with Crippen molar-refractivity contribution < 1.29 is 27.3 Å². The van der Waals surface area contributed by atoms with Crippen molar-refractivity contribution in [2.24, 2.45) is 0 Å². The number of aryl methyl sites for hydroxylation is 1. The summed E-state index contributed by atoms with van der Waals surface area (Å²) in [6.07, 6.45) is 1.99. The molecule has 1 unspecified atom stereocenters. The van der Waals surface area contributed by atoms with Crippen LogP contribution in [0.4, 0.5) is 0 Å². The third kappa shape index (κ3) is 5.62. The highest BCUT2D eigenvalue weighted by atomic mass is 32.2. The lowest BCUT2D eigenvalue weighted by Crippen LogP contribution is -2.20. The zero-order valence-electron chi connectivity index (χ0n) is 16.0. The van der Waals surface area contributed by atoms with Crippen LogP contribution in [-0.4, -0.2) is 32.7 Å². The van der Waals surface area contributed by atoms with Gasteiger partial charge in [-0.05, 0) is 48.1 Å². The number of pyridine rings is 1. The third-order valence-electron chi connectivity index (χ3n) is 4.79. The fourth-order valence-corrected chi connectivity index (χ4v) is 5.70. The molecule has 3 aromatic rings. The van der Waals surface area contributed by atoms with Crippen LogP contribution in [0.2, 0.25) is 0 Å². The molecule has 7 nitrogen and oxygen atoms in total. The second-order valence-electron chi connectivity index (χ2n) is 6.90. The standard InChI is InChI=1S/C21H22NO6PS/c23-29(24,25)21(30(26,27)28)10-5-7-16-6-1-2-8-19(16)17-11-13-18(14-12-17)20-9-3-4-15-22-20/h1-4,6,8-9,11-15,21H,5,7,10H2,(H2,23,24,25)(H,26,27,28). The highest BCUT2D eigenvalue weighted by molar-refractivity contribution is 7.93. The minimum absolute atomic E-state index is 0.193. The molecule has 1 atom stereocenters. The third-order valence-corrected chi connectivity index (χ3v) is 8.35. The summed E-state index contributed by atoms with van der Waals surface area (Å²) in [5.74, 6) is 0. The molecule has 0 aliphatic rings. The van der Waals surface area contributed by atoms with Crippen LogP contribution in [0.3, 0.4) is 0 Å². The quantitative estimate of drug-likeness (QED) is 0.350. The van der Waals surface area contributed by atoms with Gasteiger partial charge in [0.2, 0.25) is 0 Å². The summed E-state index contributed by atoms with van der Waals surface area (Å²) in [4.78, 5) is 20.7. The van der Waals surface area contributed by atoms with Crippen molar-refractivity contribution in [1.29, 1.82) is 0 Å². The lowest BCUT2D eigenvalue weighted by Gasteiger charge is -2.16. The molecule has 2 aromatic carbocycles. The van der Waals surface area contributed by atoms with Gasteiger partial charge >= 0.3 is 7.60 Å². The second kappa shape index (κ2) is 9.20. The molecule has 0 saturated heterocycles. The van der Waals surface area contributed by atoms with Gasteiger partial charge in [0.25, 0.3) is 10.1 Å². The van der Waals surface area contributed by atoms with E-state index in [1.54, 1.807) is 6.20 Å². The minimum atomic E-state index is -4.97. The highest BCUT2D eigenvalue weighted by Crippen LogP contribution is 2.46. The first kappa shape index (κ1) is 22.3. The monoisotopic (exact) mass is 447 g/mol. The van der Waals surface area contributed by atoms with Crippen molar-refractivity contribution in [2.75, 3.05) is 0 Å². The van der Waals surface area contributed by atoms with E-state index in [4.69, 9.17) is 4.55 Å². The van der Waals surface area contributed by atoms with Gasteiger partial charge in [0.15, 0.2) is 4.99 Å². The van der Waals surface area contributed by atoms with Crippen LogP contribution in [0.15, 0.2) is 72.9 Å². The molecular formula is C21H22NO6PS. The maximum absolute atomic E-state index is 11.4. The SMILES string of the molecule is O=P(O)(O)C(CCCc1ccccc1-c1ccc(-c2ccccn2)cc1)S(=O)(=O)O. The van der Waals surface area contributed by atoms with Crippen molar-refractivity contribution in [3.63, 3.8) is 0 Å². The average molecular weight is 447 g/mol. The molecule has 0 radical (unpaired) electrons. The van der Waals surface area contributed by atoms with Crippen LogP contribution in [0, 0.1) is 0 Å². The molecule has 3 N–H and O–H groups in total. The molecule has 3 rings (SSSR count). The predicted octanol–water partition coefficient (Wildman–Crippen LogP) is 4.13. The van der Waals surface area contributed by atoms with E-state index in [1.807, 2.05) is 66.7 Å². The van der Waals surface area contributed by atoms with E-state index in [-0.39, 0.29) is 12.8 Å². The molecule has 0 amide bonds. The number of hydrogen-bond acceptors (Lipinski definition) is 4. The summed E-state index contributed by atoms with van der Waals surface area (Å²) in [5.41, 5.74) is 4.68. The number of nitrogens with zero attached hydrogens (tertiary/aromatic N) is 1. The van der Waals surface area contributed by atoms with E-state index in [1.165, 1.54) is 0 Å². The van der Waals surface area contributed by atoms with Crippen LogP contribution in [0.25, 0.3) is 22.4 Å². The Balaban J connectivity index is 1.77. The van der Waals surface area contributed by atoms with Crippen LogP contribution in [0.1, 0.15) is 18.4 Å². The van der Waals surface area contributed by atoms with Gasteiger partial charge in [-0.2, -0.15) is 8.42 Å². The second-order valence-corrected chi connectivity index (χ2v) is 10.7. The fraction of sp³-hybridized carbons (Fsp3) is 0.190. The van der Waals surface area contributed by atoms with E-state index in [2.05, 4.69) is 4.98 Å². The number of hydrogen-bond donors (Lipinski definition) is 3. The van der Waals surface area contributed by atoms with Gasteiger partial charge in [-0.3, -0.25) is 14.1 Å². The molecule has 0 aliphatic heterocycles. The minimum Gasteiger partial charge on any atom is -0.323 e. The van der Waals surface area contributed by atoms with Gasteiger partial charge in [-0.15, -0.1) is 0 Å². The zero-order valence-corrected chi connectivity index (χ0v) is 17.7. The van der Waals surface area contributed by atoms with Gasteiger partial charge in [0, 0.05) is 11.8 Å². The van der Waals surface area contributed by atoms with Gasteiger partial charge in [-0.1, -0.05) is 54.6 Å². The maximum Gasteiger partial charge on any atom is 0.346 e. The lowest BCUT2D eigenvalue weighted by molar-refractivity contribution is 0.360. The normalized spacial score (nSPS) is 13.2. The van der Waals surface area contributed by atoms with Crippen molar-refractivity contribution in [3.8, 4) is 22.4 Å². The molecule has 0 aliphatic carbocycles. The Morgan fingerprint density at radius 1 is 0.900 bits per heavy atom. The zero-order chi connectivity index (χ0) is 21.8. The smallest absolute Gasteiger partial charge is 0.323 e. The first-order chi connectivity index (χ1) is 14.2. The van der Waals surface area contributed by atoms with E-state index in [0.29, 0.717) is 6.42 Å².